The van der Waals surface area contributed by atoms with Crippen LogP contribution in [0.1, 0.15) is 0 Å². The maximum absolute atomic E-state index is 9.00. The zero-order valence-corrected chi connectivity index (χ0v) is 5.60. The molecular weight excluding hydrogens is 126 g/mol. The molecule has 0 aromatic heterocycles. The zero-order chi connectivity index (χ0) is 3.58. The SMILES string of the molecule is N.N.N.N.N.NC(N)=O. The van der Waals surface area contributed by atoms with E-state index in [1.165, 1.54) is 0 Å². The van der Waals surface area contributed by atoms with Crippen LogP contribution in [0.2, 0.25) is 0 Å². The second-order valence-corrected chi connectivity index (χ2v) is 0.402. The Hall–Kier alpha value is -0.930. The number of hydrogen-bond donors (Lipinski definition) is 7. The standard InChI is InChI=1S/CH4N2O.5H3N/c2-1(3)4;;;;;/h(H4,2,3,4);5*1H3. The molecule has 0 aromatic carbocycles. The Labute approximate surface area is 54.3 Å². The molecule has 0 heterocycles. The lowest BCUT2D eigenvalue weighted by Crippen LogP contribution is -2.18. The number of carbonyl (C=O) groups is 1. The Kier molecular flexibility index (Phi) is 636. The number of primary amides is 2. The molecule has 0 fully saturated rings. The van der Waals surface area contributed by atoms with Gasteiger partial charge in [-0.2, -0.15) is 0 Å². The molecule has 0 aliphatic rings. The summed E-state index contributed by atoms with van der Waals surface area (Å²) in [5.74, 6) is 0. The van der Waals surface area contributed by atoms with Crippen molar-refractivity contribution in [2.45, 2.75) is 0 Å². The number of carbonyl (C=O) groups excluding carboxylic acids is 1. The van der Waals surface area contributed by atoms with Crippen LogP contribution in [-0.4, -0.2) is 6.03 Å². The van der Waals surface area contributed by atoms with Gasteiger partial charge in [0.25, 0.3) is 0 Å². The smallest absolute Gasteiger partial charge is 0.309 e. The monoisotopic (exact) mass is 145 g/mol. The van der Waals surface area contributed by atoms with Gasteiger partial charge in [0.05, 0.1) is 0 Å². The molecular formula is CH19N7O. The molecule has 0 bridgehead atoms. The van der Waals surface area contributed by atoms with Crippen molar-refractivity contribution >= 4 is 6.03 Å². The van der Waals surface area contributed by atoms with E-state index in [0.29, 0.717) is 0 Å². The molecule has 2 amide bonds. The van der Waals surface area contributed by atoms with Crippen molar-refractivity contribution in [3.05, 3.63) is 0 Å². The van der Waals surface area contributed by atoms with E-state index in [1.54, 1.807) is 0 Å². The lowest BCUT2D eigenvalue weighted by molar-refractivity contribution is 0.256. The highest BCUT2D eigenvalue weighted by Gasteiger charge is 1.60. The van der Waals surface area contributed by atoms with Gasteiger partial charge in [0.2, 0.25) is 0 Å². The Morgan fingerprint density at radius 1 is 0.778 bits per heavy atom. The van der Waals surface area contributed by atoms with Crippen LogP contribution in [0.3, 0.4) is 0 Å². The Bertz CT molecular complexity index is 31.9. The van der Waals surface area contributed by atoms with Crippen molar-refractivity contribution < 1.29 is 4.79 Å². The highest BCUT2D eigenvalue weighted by molar-refractivity contribution is 5.69. The second-order valence-electron chi connectivity index (χ2n) is 0.402. The molecule has 19 N–H and O–H groups in total. The van der Waals surface area contributed by atoms with Gasteiger partial charge in [0.1, 0.15) is 0 Å². The van der Waals surface area contributed by atoms with Crippen LogP contribution < -0.4 is 42.2 Å². The largest absolute Gasteiger partial charge is 0.352 e. The average molecular weight is 145 g/mol. The van der Waals surface area contributed by atoms with Crippen molar-refractivity contribution in [2.75, 3.05) is 0 Å². The van der Waals surface area contributed by atoms with Crippen molar-refractivity contribution in [3.63, 3.8) is 0 Å². The number of rotatable bonds is 0. The topological polar surface area (TPSA) is 244 Å². The molecule has 0 spiro atoms. The van der Waals surface area contributed by atoms with E-state index in [2.05, 4.69) is 11.5 Å². The minimum atomic E-state index is -0.833. The van der Waals surface area contributed by atoms with Gasteiger partial charge in [0, 0.05) is 0 Å². The molecule has 64 valence electrons. The van der Waals surface area contributed by atoms with Gasteiger partial charge in [-0.25, -0.2) is 4.79 Å². The van der Waals surface area contributed by atoms with Gasteiger partial charge in [-0.1, -0.05) is 0 Å². The Morgan fingerprint density at radius 2 is 0.778 bits per heavy atom. The Balaban J connectivity index is -0.00000000450. The minimum absolute atomic E-state index is 0. The van der Waals surface area contributed by atoms with Crippen molar-refractivity contribution in [1.82, 2.24) is 30.8 Å². The fraction of sp³-hybridized carbons (Fsp3) is 0. The first kappa shape index (κ1) is 94.1. The highest BCUT2D eigenvalue weighted by atomic mass is 16.2. The van der Waals surface area contributed by atoms with Gasteiger partial charge >= 0.3 is 6.03 Å². The summed E-state index contributed by atoms with van der Waals surface area (Å²) < 4.78 is 0. The summed E-state index contributed by atoms with van der Waals surface area (Å²) in [6.45, 7) is 0. The van der Waals surface area contributed by atoms with E-state index < -0.39 is 6.03 Å². The molecule has 0 aliphatic carbocycles. The van der Waals surface area contributed by atoms with E-state index in [0.717, 1.165) is 0 Å². The molecule has 9 heavy (non-hydrogen) atoms. The molecule has 0 unspecified atom stereocenters. The van der Waals surface area contributed by atoms with Gasteiger partial charge in [0.15, 0.2) is 0 Å². The van der Waals surface area contributed by atoms with Crippen LogP contribution in [0, 0.1) is 0 Å². The van der Waals surface area contributed by atoms with Crippen LogP contribution in [0.5, 0.6) is 0 Å². The first-order valence-electron chi connectivity index (χ1n) is 0.781. The predicted octanol–water partition coefficient (Wildman–Crippen LogP) is -0.166. The van der Waals surface area contributed by atoms with E-state index in [-0.39, 0.29) is 30.8 Å². The first-order valence-corrected chi connectivity index (χ1v) is 0.781. The summed E-state index contributed by atoms with van der Waals surface area (Å²) in [5.41, 5.74) is 8.50. The number of amides is 2. The molecule has 8 nitrogen and oxygen atoms in total. The van der Waals surface area contributed by atoms with E-state index in [4.69, 9.17) is 4.79 Å². The fourth-order valence-electron chi connectivity index (χ4n) is 0. The molecule has 0 aliphatic heterocycles. The van der Waals surface area contributed by atoms with Crippen LogP contribution in [0.4, 0.5) is 4.79 Å². The molecule has 0 atom stereocenters. The highest BCUT2D eigenvalue weighted by Crippen LogP contribution is 1.25. The average Bonchev–Trinajstić information content (AvgIpc) is 0.811. The summed E-state index contributed by atoms with van der Waals surface area (Å²) in [7, 11) is 0. The number of hydrogen-bond acceptors (Lipinski definition) is 6. The minimum Gasteiger partial charge on any atom is -0.352 e. The van der Waals surface area contributed by atoms with E-state index in [9.17, 15) is 0 Å². The third-order valence-corrected chi connectivity index (χ3v) is 0. The van der Waals surface area contributed by atoms with Crippen molar-refractivity contribution in [1.29, 1.82) is 0 Å². The summed E-state index contributed by atoms with van der Waals surface area (Å²) in [5, 5.41) is 0. The third kappa shape index (κ3) is 210. The fourth-order valence-corrected chi connectivity index (χ4v) is 0. The normalized spacial score (nSPS) is 2.67. The lowest BCUT2D eigenvalue weighted by atomic mass is 11.2. The van der Waals surface area contributed by atoms with Crippen LogP contribution in [0.25, 0.3) is 0 Å². The lowest BCUT2D eigenvalue weighted by Gasteiger charge is -1.62. The predicted molar refractivity (Wildman–Crippen MR) is 38.9 cm³/mol. The number of urea groups is 1. The van der Waals surface area contributed by atoms with Crippen molar-refractivity contribution in [3.8, 4) is 0 Å². The first-order chi connectivity index (χ1) is 1.73. The molecule has 0 rings (SSSR count). The quantitative estimate of drug-likeness (QED) is 0.243. The summed E-state index contributed by atoms with van der Waals surface area (Å²) in [6, 6.07) is -0.833. The maximum Gasteiger partial charge on any atom is 0.309 e. The summed E-state index contributed by atoms with van der Waals surface area (Å²) in [4.78, 5) is 9.00. The summed E-state index contributed by atoms with van der Waals surface area (Å²) in [6.07, 6.45) is 0. The summed E-state index contributed by atoms with van der Waals surface area (Å²) >= 11 is 0. The molecule has 8 heteroatoms. The van der Waals surface area contributed by atoms with Gasteiger partial charge < -0.3 is 42.2 Å². The van der Waals surface area contributed by atoms with E-state index >= 15 is 0 Å². The maximum atomic E-state index is 9.00. The van der Waals surface area contributed by atoms with E-state index in [1.807, 2.05) is 0 Å². The number of nitrogens with two attached hydrogens (primary N) is 2. The van der Waals surface area contributed by atoms with Crippen LogP contribution >= 0.6 is 0 Å². The van der Waals surface area contributed by atoms with Crippen molar-refractivity contribution in [2.24, 2.45) is 11.5 Å². The van der Waals surface area contributed by atoms with Gasteiger partial charge in [-0.15, -0.1) is 0 Å². The molecule has 0 saturated heterocycles. The van der Waals surface area contributed by atoms with Crippen LogP contribution in [0.15, 0.2) is 0 Å². The Morgan fingerprint density at radius 3 is 0.778 bits per heavy atom. The zero-order valence-electron chi connectivity index (χ0n) is 5.60. The third-order valence-electron chi connectivity index (χ3n) is 0. The molecule has 0 aromatic rings. The molecule has 0 radical (unpaired) electrons. The van der Waals surface area contributed by atoms with Gasteiger partial charge in [-0.3, -0.25) is 0 Å². The van der Waals surface area contributed by atoms with Crippen LogP contribution in [-0.2, 0) is 0 Å². The second kappa shape index (κ2) is 60.8. The molecule has 0 saturated carbocycles. The van der Waals surface area contributed by atoms with Gasteiger partial charge in [-0.05, 0) is 0 Å².